The van der Waals surface area contributed by atoms with Gasteiger partial charge in [-0.15, -0.1) is 11.3 Å². The van der Waals surface area contributed by atoms with Gasteiger partial charge in [-0.1, -0.05) is 0 Å². The highest BCUT2D eigenvalue weighted by atomic mass is 79.9. The summed E-state index contributed by atoms with van der Waals surface area (Å²) in [5.41, 5.74) is 0. The summed E-state index contributed by atoms with van der Waals surface area (Å²) in [5.74, 6) is -0.0703. The molecule has 0 unspecified atom stereocenters. The SMILES string of the molecule is O=[N+]([O-])CSc1sccc1Br. The molecule has 60 valence electrons. The average molecular weight is 254 g/mol. The van der Waals surface area contributed by atoms with Crippen LogP contribution in [0.2, 0.25) is 0 Å². The molecule has 1 aromatic rings. The molecule has 0 aliphatic carbocycles. The first-order chi connectivity index (χ1) is 5.20. The van der Waals surface area contributed by atoms with E-state index in [0.717, 1.165) is 8.68 Å². The molecule has 0 bridgehead atoms. The Labute approximate surface area is 80.1 Å². The number of hydrogen-bond acceptors (Lipinski definition) is 4. The van der Waals surface area contributed by atoms with Crippen LogP contribution in [0.3, 0.4) is 0 Å². The summed E-state index contributed by atoms with van der Waals surface area (Å²) >= 11 is 6.02. The molecule has 1 rings (SSSR count). The van der Waals surface area contributed by atoms with E-state index in [2.05, 4.69) is 15.9 Å². The highest BCUT2D eigenvalue weighted by molar-refractivity contribution is 9.10. The van der Waals surface area contributed by atoms with Crippen LogP contribution >= 0.6 is 39.0 Å². The molecular weight excluding hydrogens is 250 g/mol. The minimum atomic E-state index is -0.336. The van der Waals surface area contributed by atoms with Gasteiger partial charge in [-0.3, -0.25) is 10.1 Å². The van der Waals surface area contributed by atoms with Crippen LogP contribution in [0.1, 0.15) is 0 Å². The van der Waals surface area contributed by atoms with Crippen LogP contribution in [0.5, 0.6) is 0 Å². The van der Waals surface area contributed by atoms with Gasteiger partial charge in [0.2, 0.25) is 0 Å². The van der Waals surface area contributed by atoms with Crippen LogP contribution in [0.4, 0.5) is 0 Å². The maximum atomic E-state index is 9.98. The summed E-state index contributed by atoms with van der Waals surface area (Å²) in [5, 5.41) is 11.9. The highest BCUT2D eigenvalue weighted by Crippen LogP contribution is 2.32. The molecule has 11 heavy (non-hydrogen) atoms. The first kappa shape index (κ1) is 9.02. The molecule has 0 aromatic carbocycles. The van der Waals surface area contributed by atoms with E-state index >= 15 is 0 Å². The Hall–Kier alpha value is -0.0700. The largest absolute Gasteiger partial charge is 0.264 e. The number of rotatable bonds is 3. The number of thioether (sulfide) groups is 1. The third kappa shape index (κ3) is 2.80. The minimum absolute atomic E-state index is 0.0703. The van der Waals surface area contributed by atoms with Gasteiger partial charge in [0, 0.05) is 9.40 Å². The monoisotopic (exact) mass is 253 g/mol. The van der Waals surface area contributed by atoms with E-state index in [4.69, 9.17) is 0 Å². The molecular formula is C5H4BrNO2S2. The van der Waals surface area contributed by atoms with E-state index in [1.165, 1.54) is 23.1 Å². The predicted molar refractivity (Wildman–Crippen MR) is 49.7 cm³/mol. The number of nitrogens with zero attached hydrogens (tertiary/aromatic N) is 1. The smallest absolute Gasteiger partial charge is 0.254 e. The van der Waals surface area contributed by atoms with Crippen molar-refractivity contribution in [2.45, 2.75) is 4.21 Å². The Morgan fingerprint density at radius 3 is 3.00 bits per heavy atom. The van der Waals surface area contributed by atoms with Crippen molar-refractivity contribution in [3.05, 3.63) is 26.0 Å². The van der Waals surface area contributed by atoms with E-state index in [1.54, 1.807) is 0 Å². The van der Waals surface area contributed by atoms with E-state index in [0.29, 0.717) is 0 Å². The van der Waals surface area contributed by atoms with Crippen LogP contribution in [0.25, 0.3) is 0 Å². The lowest BCUT2D eigenvalue weighted by Crippen LogP contribution is -1.93. The molecule has 0 aliphatic heterocycles. The zero-order valence-corrected chi connectivity index (χ0v) is 8.54. The molecule has 6 heteroatoms. The van der Waals surface area contributed by atoms with Crippen LogP contribution in [-0.2, 0) is 0 Å². The number of thiophene rings is 1. The minimum Gasteiger partial charge on any atom is -0.264 e. The third-order valence-corrected chi connectivity index (χ3v) is 4.24. The summed E-state index contributed by atoms with van der Waals surface area (Å²) in [6, 6.07) is 1.88. The Morgan fingerprint density at radius 2 is 2.55 bits per heavy atom. The lowest BCUT2D eigenvalue weighted by Gasteiger charge is -1.91. The quantitative estimate of drug-likeness (QED) is 0.360. The fourth-order valence-corrected chi connectivity index (χ4v) is 2.96. The van der Waals surface area contributed by atoms with Gasteiger partial charge < -0.3 is 0 Å². The molecule has 0 spiro atoms. The number of nitro groups is 1. The van der Waals surface area contributed by atoms with Gasteiger partial charge in [-0.2, -0.15) is 0 Å². The summed E-state index contributed by atoms with van der Waals surface area (Å²) < 4.78 is 1.90. The topological polar surface area (TPSA) is 43.1 Å². The van der Waals surface area contributed by atoms with Crippen LogP contribution in [0, 0.1) is 10.1 Å². The normalized spacial score (nSPS) is 9.91. The fourth-order valence-electron chi connectivity index (χ4n) is 0.494. The fraction of sp³-hybridized carbons (Fsp3) is 0.200. The van der Waals surface area contributed by atoms with Crippen molar-refractivity contribution >= 4 is 39.0 Å². The van der Waals surface area contributed by atoms with Crippen molar-refractivity contribution in [1.82, 2.24) is 0 Å². The summed E-state index contributed by atoms with van der Waals surface area (Å²) in [6.07, 6.45) is 0. The van der Waals surface area contributed by atoms with Crippen molar-refractivity contribution in [3.8, 4) is 0 Å². The maximum absolute atomic E-state index is 9.98. The van der Waals surface area contributed by atoms with E-state index in [9.17, 15) is 10.1 Å². The molecule has 3 nitrogen and oxygen atoms in total. The van der Waals surface area contributed by atoms with Crippen LogP contribution < -0.4 is 0 Å². The van der Waals surface area contributed by atoms with E-state index in [1.807, 2.05) is 11.4 Å². The van der Waals surface area contributed by atoms with E-state index < -0.39 is 0 Å². The lowest BCUT2D eigenvalue weighted by atomic mass is 10.7. The van der Waals surface area contributed by atoms with Crippen molar-refractivity contribution in [2.75, 3.05) is 5.88 Å². The molecule has 0 saturated heterocycles. The predicted octanol–water partition coefficient (Wildman–Crippen LogP) is 2.84. The summed E-state index contributed by atoms with van der Waals surface area (Å²) in [4.78, 5) is 9.64. The van der Waals surface area contributed by atoms with Crippen LogP contribution in [0.15, 0.2) is 20.1 Å². The maximum Gasteiger partial charge on any atom is 0.254 e. The molecule has 0 fully saturated rings. The Bertz CT molecular complexity index is 263. The Balaban J connectivity index is 2.51. The van der Waals surface area contributed by atoms with E-state index in [-0.39, 0.29) is 10.8 Å². The molecule has 0 N–H and O–H groups in total. The van der Waals surface area contributed by atoms with Gasteiger partial charge in [0.1, 0.15) is 0 Å². The van der Waals surface area contributed by atoms with Gasteiger partial charge in [0.15, 0.2) is 0 Å². The van der Waals surface area contributed by atoms with Crippen molar-refractivity contribution in [2.24, 2.45) is 0 Å². The Kier molecular flexibility index (Phi) is 3.35. The molecule has 0 amide bonds. The van der Waals surface area contributed by atoms with Crippen molar-refractivity contribution in [1.29, 1.82) is 0 Å². The molecule has 0 atom stereocenters. The first-order valence-corrected chi connectivity index (χ1v) is 5.33. The zero-order chi connectivity index (χ0) is 8.27. The average Bonchev–Trinajstić information content (AvgIpc) is 2.31. The van der Waals surface area contributed by atoms with Gasteiger partial charge >= 0.3 is 0 Å². The second-order valence-electron chi connectivity index (χ2n) is 1.66. The highest BCUT2D eigenvalue weighted by Gasteiger charge is 2.05. The zero-order valence-electron chi connectivity index (χ0n) is 5.32. The summed E-state index contributed by atoms with van der Waals surface area (Å²) in [7, 11) is 0. The third-order valence-electron chi connectivity index (χ3n) is 0.886. The number of hydrogen-bond donors (Lipinski definition) is 0. The Morgan fingerprint density at radius 1 is 1.82 bits per heavy atom. The molecule has 0 saturated carbocycles. The standard InChI is InChI=1S/C5H4BrNO2S2/c6-4-1-2-10-5(4)11-3-7(8)9/h1-2H,3H2. The lowest BCUT2D eigenvalue weighted by molar-refractivity contribution is -0.456. The molecule has 0 radical (unpaired) electrons. The van der Waals surface area contributed by atoms with Gasteiger partial charge in [-0.25, -0.2) is 0 Å². The molecule has 0 aliphatic rings. The molecule has 1 aromatic heterocycles. The molecule has 1 heterocycles. The van der Waals surface area contributed by atoms with Crippen molar-refractivity contribution in [3.63, 3.8) is 0 Å². The number of halogens is 1. The van der Waals surface area contributed by atoms with Crippen molar-refractivity contribution < 1.29 is 4.92 Å². The second kappa shape index (κ2) is 4.08. The van der Waals surface area contributed by atoms with Gasteiger partial charge in [0.05, 0.1) is 4.21 Å². The van der Waals surface area contributed by atoms with Crippen LogP contribution in [-0.4, -0.2) is 10.8 Å². The van der Waals surface area contributed by atoms with Gasteiger partial charge in [-0.05, 0) is 39.1 Å². The second-order valence-corrected chi connectivity index (χ2v) is 4.65. The summed E-state index contributed by atoms with van der Waals surface area (Å²) in [6.45, 7) is 0. The van der Waals surface area contributed by atoms with Gasteiger partial charge in [0.25, 0.3) is 5.88 Å². The first-order valence-electron chi connectivity index (χ1n) is 2.67.